The van der Waals surface area contributed by atoms with Crippen LogP contribution in [0.3, 0.4) is 0 Å². The van der Waals surface area contributed by atoms with E-state index in [9.17, 15) is 4.79 Å². The molecule has 1 aromatic heterocycles. The first kappa shape index (κ1) is 18.7. The number of hydrogen-bond donors (Lipinski definition) is 0. The molecule has 28 heavy (non-hydrogen) atoms. The zero-order chi connectivity index (χ0) is 19.5. The van der Waals surface area contributed by atoms with Crippen molar-refractivity contribution < 1.29 is 9.53 Å². The van der Waals surface area contributed by atoms with Crippen molar-refractivity contribution >= 4 is 34.3 Å². The highest BCUT2D eigenvalue weighted by atomic mass is 35.5. The first-order chi connectivity index (χ1) is 13.7. The second kappa shape index (κ2) is 8.15. The van der Waals surface area contributed by atoms with Crippen LogP contribution in [0.5, 0.6) is 0 Å². The molecule has 1 atom stereocenters. The Hall–Kier alpha value is -2.66. The van der Waals surface area contributed by atoms with Crippen LogP contribution in [-0.2, 0) is 9.53 Å². The van der Waals surface area contributed by atoms with Crippen LogP contribution in [0.15, 0.2) is 48.5 Å². The fourth-order valence-electron chi connectivity index (χ4n) is 3.65. The fraction of sp³-hybridized carbons (Fsp3) is 0.318. The number of anilines is 1. The molecular weight excluding hydrogens is 374 g/mol. The van der Waals surface area contributed by atoms with Gasteiger partial charge in [-0.3, -0.25) is 4.79 Å². The van der Waals surface area contributed by atoms with Gasteiger partial charge in [0.2, 0.25) is 0 Å². The highest BCUT2D eigenvalue weighted by Gasteiger charge is 2.28. The van der Waals surface area contributed by atoms with Gasteiger partial charge < -0.3 is 9.64 Å². The van der Waals surface area contributed by atoms with Gasteiger partial charge in [-0.2, -0.15) is 0 Å². The van der Waals surface area contributed by atoms with Gasteiger partial charge >= 0.3 is 5.97 Å². The fourth-order valence-corrected chi connectivity index (χ4v) is 3.78. The number of hydrogen-bond acceptors (Lipinski definition) is 5. The van der Waals surface area contributed by atoms with Crippen molar-refractivity contribution in [1.82, 2.24) is 9.97 Å². The van der Waals surface area contributed by atoms with E-state index in [1.54, 1.807) is 0 Å². The van der Waals surface area contributed by atoms with E-state index in [0.717, 1.165) is 41.7 Å². The summed E-state index contributed by atoms with van der Waals surface area (Å²) in [5.74, 6) is 1.28. The number of rotatable bonds is 4. The third kappa shape index (κ3) is 3.80. The summed E-state index contributed by atoms with van der Waals surface area (Å²) in [6, 6.07) is 15.5. The van der Waals surface area contributed by atoms with E-state index >= 15 is 0 Å². The van der Waals surface area contributed by atoms with Crippen LogP contribution in [0.2, 0.25) is 5.02 Å². The summed E-state index contributed by atoms with van der Waals surface area (Å²) >= 11 is 6.03. The lowest BCUT2D eigenvalue weighted by atomic mass is 9.98. The highest BCUT2D eigenvalue weighted by Crippen LogP contribution is 2.31. The van der Waals surface area contributed by atoms with Gasteiger partial charge in [0.1, 0.15) is 5.82 Å². The summed E-state index contributed by atoms with van der Waals surface area (Å²) in [6.45, 7) is 3.72. The topological polar surface area (TPSA) is 55.3 Å². The summed E-state index contributed by atoms with van der Waals surface area (Å²) in [6.07, 6.45) is 1.78. The number of esters is 1. The van der Waals surface area contributed by atoms with E-state index in [0.29, 0.717) is 24.0 Å². The van der Waals surface area contributed by atoms with Crippen molar-refractivity contribution in [3.63, 3.8) is 0 Å². The number of ether oxygens (including phenoxy) is 1. The minimum atomic E-state index is -0.124. The number of carbonyl (C=O) groups excluding carboxylic acids is 1. The Morgan fingerprint density at radius 1 is 1.18 bits per heavy atom. The van der Waals surface area contributed by atoms with Crippen LogP contribution in [0.1, 0.15) is 19.8 Å². The Labute approximate surface area is 169 Å². The molecule has 0 saturated carbocycles. The molecule has 3 aromatic rings. The number of para-hydroxylation sites is 1. The molecule has 1 aliphatic rings. The number of piperidine rings is 1. The van der Waals surface area contributed by atoms with Gasteiger partial charge in [0.05, 0.1) is 18.0 Å². The van der Waals surface area contributed by atoms with Gasteiger partial charge in [-0.1, -0.05) is 23.7 Å². The molecule has 0 aliphatic carbocycles. The summed E-state index contributed by atoms with van der Waals surface area (Å²) in [5.41, 5.74) is 1.80. The standard InChI is InChI=1S/C22H22ClN3O2/c1-2-28-22(27)16-6-5-13-26(14-16)21-18-7-3-4-8-19(18)24-20(25-21)15-9-11-17(23)12-10-15/h3-4,7-12,16H,2,5-6,13-14H2,1H3/t16-/m0/s1. The molecule has 0 N–H and O–H groups in total. The van der Waals surface area contributed by atoms with Crippen LogP contribution < -0.4 is 4.90 Å². The average molecular weight is 396 g/mol. The quantitative estimate of drug-likeness (QED) is 0.598. The highest BCUT2D eigenvalue weighted by molar-refractivity contribution is 6.30. The second-order valence-electron chi connectivity index (χ2n) is 6.93. The molecule has 1 aliphatic heterocycles. The molecule has 2 aromatic carbocycles. The molecule has 0 radical (unpaired) electrons. The number of aromatic nitrogens is 2. The van der Waals surface area contributed by atoms with Gasteiger partial charge in [0.15, 0.2) is 5.82 Å². The summed E-state index contributed by atoms with van der Waals surface area (Å²) in [7, 11) is 0. The monoisotopic (exact) mass is 395 g/mol. The van der Waals surface area contributed by atoms with E-state index in [1.165, 1.54) is 0 Å². The third-order valence-corrected chi connectivity index (χ3v) is 5.28. The predicted octanol–water partition coefficient (Wildman–Crippen LogP) is 4.73. The lowest BCUT2D eigenvalue weighted by Crippen LogP contribution is -2.40. The third-order valence-electron chi connectivity index (χ3n) is 5.03. The van der Waals surface area contributed by atoms with Crippen LogP contribution >= 0.6 is 11.6 Å². The van der Waals surface area contributed by atoms with Crippen LogP contribution in [0.25, 0.3) is 22.3 Å². The molecule has 0 amide bonds. The largest absolute Gasteiger partial charge is 0.466 e. The summed E-state index contributed by atoms with van der Waals surface area (Å²) < 4.78 is 5.25. The molecule has 5 nitrogen and oxygen atoms in total. The molecule has 6 heteroatoms. The molecule has 4 rings (SSSR count). The van der Waals surface area contributed by atoms with E-state index in [2.05, 4.69) is 4.90 Å². The molecule has 0 unspecified atom stereocenters. The molecule has 0 bridgehead atoms. The van der Waals surface area contributed by atoms with Crippen LogP contribution in [-0.4, -0.2) is 35.6 Å². The molecule has 1 fully saturated rings. The number of halogens is 1. The minimum Gasteiger partial charge on any atom is -0.466 e. The van der Waals surface area contributed by atoms with E-state index in [1.807, 2.05) is 55.5 Å². The van der Waals surface area contributed by atoms with Crippen LogP contribution in [0, 0.1) is 5.92 Å². The van der Waals surface area contributed by atoms with Crippen molar-refractivity contribution in [3.8, 4) is 11.4 Å². The Morgan fingerprint density at radius 2 is 1.96 bits per heavy atom. The molecule has 0 spiro atoms. The smallest absolute Gasteiger partial charge is 0.310 e. The molecule has 2 heterocycles. The van der Waals surface area contributed by atoms with Gasteiger partial charge in [0.25, 0.3) is 0 Å². The van der Waals surface area contributed by atoms with Crippen molar-refractivity contribution in [2.45, 2.75) is 19.8 Å². The van der Waals surface area contributed by atoms with Gasteiger partial charge in [-0.25, -0.2) is 9.97 Å². The van der Waals surface area contributed by atoms with Crippen molar-refractivity contribution in [2.24, 2.45) is 5.92 Å². The van der Waals surface area contributed by atoms with Gasteiger partial charge in [-0.15, -0.1) is 0 Å². The molecular formula is C22H22ClN3O2. The first-order valence-electron chi connectivity index (χ1n) is 9.60. The van der Waals surface area contributed by atoms with E-state index in [4.69, 9.17) is 26.3 Å². The SMILES string of the molecule is CCOC(=O)[C@H]1CCCN(c2nc(-c3ccc(Cl)cc3)nc3ccccc23)C1. The molecule has 1 saturated heterocycles. The zero-order valence-electron chi connectivity index (χ0n) is 15.8. The van der Waals surface area contributed by atoms with Crippen LogP contribution in [0.4, 0.5) is 5.82 Å². The predicted molar refractivity (Wildman–Crippen MR) is 112 cm³/mol. The van der Waals surface area contributed by atoms with Crippen molar-refractivity contribution in [2.75, 3.05) is 24.6 Å². The molecule has 144 valence electrons. The Bertz CT molecular complexity index is 991. The maximum absolute atomic E-state index is 12.3. The Balaban J connectivity index is 1.75. The lowest BCUT2D eigenvalue weighted by molar-refractivity contribution is -0.148. The number of fused-ring (bicyclic) bond motifs is 1. The van der Waals surface area contributed by atoms with Gasteiger partial charge in [0, 0.05) is 29.1 Å². The maximum Gasteiger partial charge on any atom is 0.310 e. The number of carbonyl (C=O) groups is 1. The first-order valence-corrected chi connectivity index (χ1v) is 9.98. The summed E-state index contributed by atoms with van der Waals surface area (Å²) in [5, 5.41) is 1.67. The Kier molecular flexibility index (Phi) is 5.44. The normalized spacial score (nSPS) is 16.9. The Morgan fingerprint density at radius 3 is 2.75 bits per heavy atom. The van der Waals surface area contributed by atoms with E-state index < -0.39 is 0 Å². The van der Waals surface area contributed by atoms with Crippen molar-refractivity contribution in [3.05, 3.63) is 53.6 Å². The summed E-state index contributed by atoms with van der Waals surface area (Å²) in [4.78, 5) is 24.1. The van der Waals surface area contributed by atoms with Gasteiger partial charge in [-0.05, 0) is 56.2 Å². The zero-order valence-corrected chi connectivity index (χ0v) is 16.5. The minimum absolute atomic E-state index is 0.122. The lowest BCUT2D eigenvalue weighted by Gasteiger charge is -2.33. The average Bonchev–Trinajstić information content (AvgIpc) is 2.74. The van der Waals surface area contributed by atoms with E-state index in [-0.39, 0.29) is 11.9 Å². The number of nitrogens with zero attached hydrogens (tertiary/aromatic N) is 3. The number of benzene rings is 2. The second-order valence-corrected chi connectivity index (χ2v) is 7.37. The van der Waals surface area contributed by atoms with Crippen molar-refractivity contribution in [1.29, 1.82) is 0 Å². The maximum atomic E-state index is 12.3.